The van der Waals surface area contributed by atoms with E-state index in [0.717, 1.165) is 31.9 Å². The van der Waals surface area contributed by atoms with Gasteiger partial charge >= 0.3 is 0 Å². The lowest BCUT2D eigenvalue weighted by Crippen LogP contribution is -2.48. The third-order valence-corrected chi connectivity index (χ3v) is 3.24. The van der Waals surface area contributed by atoms with Gasteiger partial charge in [0.2, 0.25) is 5.91 Å². The number of nitrogens with one attached hydrogen (secondary N) is 1. The molecule has 1 aliphatic heterocycles. The molecule has 1 aromatic carbocycles. The van der Waals surface area contributed by atoms with Gasteiger partial charge in [-0.2, -0.15) is 0 Å². The molecule has 0 radical (unpaired) electrons. The van der Waals surface area contributed by atoms with Crippen molar-refractivity contribution in [2.45, 2.75) is 6.92 Å². The highest BCUT2D eigenvalue weighted by atomic mass is 16.2. The van der Waals surface area contributed by atoms with Crippen LogP contribution in [0.3, 0.4) is 0 Å². The number of carbonyl (C=O) groups is 1. The molecule has 4 heteroatoms. The zero-order valence-electron chi connectivity index (χ0n) is 10.4. The summed E-state index contributed by atoms with van der Waals surface area (Å²) in [5, 5.41) is 3.20. The number of amides is 1. The molecule has 1 N–H and O–H groups in total. The summed E-state index contributed by atoms with van der Waals surface area (Å²) in [4.78, 5) is 15.5. The summed E-state index contributed by atoms with van der Waals surface area (Å²) < 4.78 is 0. The van der Waals surface area contributed by atoms with E-state index in [9.17, 15) is 4.79 Å². The van der Waals surface area contributed by atoms with Crippen LogP contribution in [0.15, 0.2) is 24.3 Å². The minimum Gasteiger partial charge on any atom is -0.386 e. The van der Waals surface area contributed by atoms with Crippen LogP contribution in [0.1, 0.15) is 6.92 Å². The summed E-state index contributed by atoms with van der Waals surface area (Å²) in [6.07, 6.45) is 0. The topological polar surface area (TPSA) is 35.6 Å². The number of hydrogen-bond acceptors (Lipinski definition) is 3. The number of rotatable bonds is 2. The Morgan fingerprint density at radius 2 is 1.82 bits per heavy atom. The van der Waals surface area contributed by atoms with Crippen molar-refractivity contribution in [3.05, 3.63) is 24.3 Å². The van der Waals surface area contributed by atoms with Gasteiger partial charge in [0, 0.05) is 40.2 Å². The average molecular weight is 233 g/mol. The zero-order chi connectivity index (χ0) is 12.3. The molecule has 92 valence electrons. The molecule has 0 aromatic heterocycles. The van der Waals surface area contributed by atoms with Gasteiger partial charge in [-0.1, -0.05) is 12.1 Å². The Morgan fingerprint density at radius 1 is 1.18 bits per heavy atom. The molecule has 17 heavy (non-hydrogen) atoms. The van der Waals surface area contributed by atoms with Crippen LogP contribution in [0.4, 0.5) is 11.4 Å². The zero-order valence-corrected chi connectivity index (χ0v) is 10.4. The van der Waals surface area contributed by atoms with Crippen molar-refractivity contribution < 1.29 is 4.79 Å². The number of piperazine rings is 1. The van der Waals surface area contributed by atoms with Crippen molar-refractivity contribution in [2.75, 3.05) is 43.4 Å². The fourth-order valence-electron chi connectivity index (χ4n) is 2.22. The van der Waals surface area contributed by atoms with Gasteiger partial charge in [0.25, 0.3) is 0 Å². The molecule has 0 spiro atoms. The SMILES string of the molecule is CNc1ccccc1N1CCN(C(C)=O)CC1. The second-order valence-corrected chi connectivity index (χ2v) is 4.26. The monoisotopic (exact) mass is 233 g/mol. The van der Waals surface area contributed by atoms with Gasteiger partial charge in [0.15, 0.2) is 0 Å². The van der Waals surface area contributed by atoms with E-state index in [1.165, 1.54) is 5.69 Å². The third-order valence-electron chi connectivity index (χ3n) is 3.24. The van der Waals surface area contributed by atoms with E-state index >= 15 is 0 Å². The number of nitrogens with zero attached hydrogens (tertiary/aromatic N) is 2. The summed E-state index contributed by atoms with van der Waals surface area (Å²) in [7, 11) is 1.94. The van der Waals surface area contributed by atoms with Gasteiger partial charge in [-0.05, 0) is 12.1 Å². The van der Waals surface area contributed by atoms with Crippen LogP contribution in [0.2, 0.25) is 0 Å². The molecule has 1 amide bonds. The number of para-hydroxylation sites is 2. The Morgan fingerprint density at radius 3 is 2.41 bits per heavy atom. The Bertz CT molecular complexity index is 397. The van der Waals surface area contributed by atoms with E-state index in [-0.39, 0.29) is 5.91 Å². The van der Waals surface area contributed by atoms with Crippen molar-refractivity contribution in [2.24, 2.45) is 0 Å². The van der Waals surface area contributed by atoms with Gasteiger partial charge < -0.3 is 15.1 Å². The van der Waals surface area contributed by atoms with Crippen molar-refractivity contribution >= 4 is 17.3 Å². The molecular weight excluding hydrogens is 214 g/mol. The van der Waals surface area contributed by atoms with E-state index in [1.54, 1.807) is 6.92 Å². The first-order valence-electron chi connectivity index (χ1n) is 5.99. The summed E-state index contributed by atoms with van der Waals surface area (Å²) in [6.45, 7) is 5.06. The van der Waals surface area contributed by atoms with Crippen LogP contribution in [0.25, 0.3) is 0 Å². The lowest BCUT2D eigenvalue weighted by Gasteiger charge is -2.36. The number of anilines is 2. The predicted octanol–water partition coefficient (Wildman–Crippen LogP) is 1.40. The van der Waals surface area contributed by atoms with Crippen LogP contribution in [-0.4, -0.2) is 44.0 Å². The number of carbonyl (C=O) groups excluding carboxylic acids is 1. The highest BCUT2D eigenvalue weighted by molar-refractivity contribution is 5.74. The van der Waals surface area contributed by atoms with E-state index in [1.807, 2.05) is 24.1 Å². The molecule has 0 atom stereocenters. The van der Waals surface area contributed by atoms with E-state index in [4.69, 9.17) is 0 Å². The maximum Gasteiger partial charge on any atom is 0.219 e. The quantitative estimate of drug-likeness (QED) is 0.838. The minimum atomic E-state index is 0.173. The standard InChI is InChI=1S/C13H19N3O/c1-11(17)15-7-9-16(10-8-15)13-6-4-3-5-12(13)14-2/h3-6,14H,7-10H2,1-2H3. The van der Waals surface area contributed by atoms with E-state index in [2.05, 4.69) is 22.3 Å². The molecular formula is C13H19N3O. The normalized spacial score (nSPS) is 15.9. The van der Waals surface area contributed by atoms with E-state index in [0.29, 0.717) is 0 Å². The second kappa shape index (κ2) is 5.08. The van der Waals surface area contributed by atoms with Gasteiger partial charge in [0.1, 0.15) is 0 Å². The van der Waals surface area contributed by atoms with Crippen molar-refractivity contribution in [1.82, 2.24) is 4.90 Å². The Hall–Kier alpha value is -1.71. The lowest BCUT2D eigenvalue weighted by molar-refractivity contribution is -0.129. The lowest BCUT2D eigenvalue weighted by atomic mass is 10.2. The molecule has 0 unspecified atom stereocenters. The molecule has 1 aromatic rings. The first-order valence-corrected chi connectivity index (χ1v) is 5.99. The molecule has 2 rings (SSSR count). The summed E-state index contributed by atoms with van der Waals surface area (Å²) >= 11 is 0. The average Bonchev–Trinajstić information content (AvgIpc) is 2.39. The molecule has 1 saturated heterocycles. The smallest absolute Gasteiger partial charge is 0.219 e. The first kappa shape index (κ1) is 11.8. The first-order chi connectivity index (χ1) is 8.22. The van der Waals surface area contributed by atoms with Crippen LogP contribution < -0.4 is 10.2 Å². The largest absolute Gasteiger partial charge is 0.386 e. The van der Waals surface area contributed by atoms with Crippen LogP contribution >= 0.6 is 0 Å². The fraction of sp³-hybridized carbons (Fsp3) is 0.462. The molecule has 0 aliphatic carbocycles. The summed E-state index contributed by atoms with van der Waals surface area (Å²) in [5.41, 5.74) is 2.36. The Kier molecular flexibility index (Phi) is 3.52. The van der Waals surface area contributed by atoms with Gasteiger partial charge in [-0.25, -0.2) is 0 Å². The molecule has 4 nitrogen and oxygen atoms in total. The molecule has 1 aliphatic rings. The molecule has 1 fully saturated rings. The summed E-state index contributed by atoms with van der Waals surface area (Å²) in [6, 6.07) is 8.27. The van der Waals surface area contributed by atoms with Gasteiger partial charge in [-0.3, -0.25) is 4.79 Å². The van der Waals surface area contributed by atoms with Crippen molar-refractivity contribution in [1.29, 1.82) is 0 Å². The maximum atomic E-state index is 11.3. The van der Waals surface area contributed by atoms with Gasteiger partial charge in [-0.15, -0.1) is 0 Å². The van der Waals surface area contributed by atoms with Gasteiger partial charge in [0.05, 0.1) is 11.4 Å². The number of hydrogen-bond donors (Lipinski definition) is 1. The fourth-order valence-corrected chi connectivity index (χ4v) is 2.22. The second-order valence-electron chi connectivity index (χ2n) is 4.26. The van der Waals surface area contributed by atoms with Crippen molar-refractivity contribution in [3.63, 3.8) is 0 Å². The Labute approximate surface area is 102 Å². The summed E-state index contributed by atoms with van der Waals surface area (Å²) in [5.74, 6) is 0.173. The minimum absolute atomic E-state index is 0.173. The molecule has 0 saturated carbocycles. The third kappa shape index (κ3) is 2.52. The molecule has 0 bridgehead atoms. The predicted molar refractivity (Wildman–Crippen MR) is 70.5 cm³/mol. The van der Waals surface area contributed by atoms with E-state index < -0.39 is 0 Å². The number of benzene rings is 1. The highest BCUT2D eigenvalue weighted by Crippen LogP contribution is 2.25. The van der Waals surface area contributed by atoms with Crippen LogP contribution in [-0.2, 0) is 4.79 Å². The highest BCUT2D eigenvalue weighted by Gasteiger charge is 2.19. The maximum absolute atomic E-state index is 11.3. The van der Waals surface area contributed by atoms with Crippen LogP contribution in [0, 0.1) is 0 Å². The molecule has 1 heterocycles. The van der Waals surface area contributed by atoms with Crippen molar-refractivity contribution in [3.8, 4) is 0 Å². The van der Waals surface area contributed by atoms with Crippen LogP contribution in [0.5, 0.6) is 0 Å². The Balaban J connectivity index is 2.07.